The summed E-state index contributed by atoms with van der Waals surface area (Å²) in [5, 5.41) is 13.5. The van der Waals surface area contributed by atoms with Crippen molar-refractivity contribution in [2.45, 2.75) is 38.1 Å². The zero-order chi connectivity index (χ0) is 16.2. The number of carboxylic acid groups (broad SMARTS) is 1. The van der Waals surface area contributed by atoms with Crippen molar-refractivity contribution in [3.05, 3.63) is 35.5 Å². The van der Waals surface area contributed by atoms with Crippen molar-refractivity contribution in [1.29, 1.82) is 0 Å². The molecule has 120 valence electrons. The molecule has 0 spiro atoms. The van der Waals surface area contributed by atoms with Crippen LogP contribution in [0.2, 0.25) is 0 Å². The van der Waals surface area contributed by atoms with Gasteiger partial charge < -0.3 is 15.4 Å². The highest BCUT2D eigenvalue weighted by Gasteiger charge is 2.60. The molecule has 1 aromatic heterocycles. The molecule has 3 atom stereocenters. The molecule has 2 saturated carbocycles. The third-order valence-electron chi connectivity index (χ3n) is 5.44. The number of aromatic nitrogens is 1. The van der Waals surface area contributed by atoms with Crippen molar-refractivity contribution < 1.29 is 14.7 Å². The molecule has 1 amide bonds. The number of carboxylic acids is 1. The molecule has 2 aliphatic rings. The van der Waals surface area contributed by atoms with E-state index < -0.39 is 11.5 Å². The van der Waals surface area contributed by atoms with Crippen molar-refractivity contribution in [3.63, 3.8) is 0 Å². The van der Waals surface area contributed by atoms with Crippen LogP contribution in [0.15, 0.2) is 24.3 Å². The summed E-state index contributed by atoms with van der Waals surface area (Å²) in [6.07, 6.45) is 3.38. The average Bonchev–Trinajstić information content (AvgIpc) is 3.19. The maximum Gasteiger partial charge on any atom is 0.329 e. The van der Waals surface area contributed by atoms with Gasteiger partial charge in [-0.05, 0) is 56.2 Å². The standard InChI is InChI=1S/C18H20N2O3/c1-10-4-5-14-12(7-10)9-15(19-14)16(21)20-18(17(22)23)6-2-3-11-8-13(11)18/h4-5,7,9,11,13,19H,2-3,6,8H2,1H3,(H,20,21)(H,22,23). The van der Waals surface area contributed by atoms with Gasteiger partial charge in [0, 0.05) is 10.9 Å². The number of hydrogen-bond donors (Lipinski definition) is 3. The number of carbonyl (C=O) groups excluding carboxylic acids is 1. The summed E-state index contributed by atoms with van der Waals surface area (Å²) in [5.74, 6) is -0.673. The van der Waals surface area contributed by atoms with Crippen molar-refractivity contribution in [2.75, 3.05) is 0 Å². The summed E-state index contributed by atoms with van der Waals surface area (Å²) >= 11 is 0. The van der Waals surface area contributed by atoms with E-state index in [1.807, 2.05) is 25.1 Å². The molecule has 3 unspecified atom stereocenters. The van der Waals surface area contributed by atoms with E-state index in [-0.39, 0.29) is 11.8 Å². The van der Waals surface area contributed by atoms with E-state index in [0.717, 1.165) is 35.7 Å². The first-order chi connectivity index (χ1) is 11.0. The van der Waals surface area contributed by atoms with Gasteiger partial charge in [-0.2, -0.15) is 0 Å². The summed E-state index contributed by atoms with van der Waals surface area (Å²) in [6.45, 7) is 2.00. The van der Waals surface area contributed by atoms with E-state index in [2.05, 4.69) is 10.3 Å². The number of hydrogen-bond acceptors (Lipinski definition) is 2. The van der Waals surface area contributed by atoms with Gasteiger partial charge in [0.05, 0.1) is 0 Å². The Hall–Kier alpha value is -2.30. The number of aryl methyl sites for hydroxylation is 1. The first-order valence-corrected chi connectivity index (χ1v) is 8.15. The minimum Gasteiger partial charge on any atom is -0.479 e. The molecule has 3 N–H and O–H groups in total. The molecule has 23 heavy (non-hydrogen) atoms. The number of H-pyrrole nitrogens is 1. The third-order valence-corrected chi connectivity index (χ3v) is 5.44. The third kappa shape index (κ3) is 2.22. The van der Waals surface area contributed by atoms with Gasteiger partial charge >= 0.3 is 5.97 Å². The second-order valence-corrected chi connectivity index (χ2v) is 7.00. The van der Waals surface area contributed by atoms with Gasteiger partial charge in [-0.1, -0.05) is 18.1 Å². The number of amides is 1. The Bertz CT molecular complexity index is 810. The summed E-state index contributed by atoms with van der Waals surface area (Å²) in [5.41, 5.74) is 1.35. The van der Waals surface area contributed by atoms with Crippen LogP contribution < -0.4 is 5.32 Å². The second-order valence-electron chi connectivity index (χ2n) is 7.00. The van der Waals surface area contributed by atoms with Crippen LogP contribution in [0.3, 0.4) is 0 Å². The van der Waals surface area contributed by atoms with Crippen molar-refractivity contribution >= 4 is 22.8 Å². The number of aromatic amines is 1. The second kappa shape index (κ2) is 4.85. The van der Waals surface area contributed by atoms with E-state index >= 15 is 0 Å². The summed E-state index contributed by atoms with van der Waals surface area (Å²) in [4.78, 5) is 27.6. The van der Waals surface area contributed by atoms with Crippen LogP contribution in [0.1, 0.15) is 41.7 Å². The van der Waals surface area contributed by atoms with Crippen molar-refractivity contribution in [3.8, 4) is 0 Å². The minimum absolute atomic E-state index is 0.0873. The highest BCUT2D eigenvalue weighted by atomic mass is 16.4. The van der Waals surface area contributed by atoms with Crippen LogP contribution in [-0.2, 0) is 4.79 Å². The molecular formula is C18H20N2O3. The molecule has 4 rings (SSSR count). The lowest BCUT2D eigenvalue weighted by Gasteiger charge is -2.34. The quantitative estimate of drug-likeness (QED) is 0.815. The van der Waals surface area contributed by atoms with E-state index in [1.54, 1.807) is 6.07 Å². The van der Waals surface area contributed by atoms with Crippen LogP contribution in [0.5, 0.6) is 0 Å². The lowest BCUT2D eigenvalue weighted by molar-refractivity contribution is -0.146. The fourth-order valence-corrected chi connectivity index (χ4v) is 4.12. The van der Waals surface area contributed by atoms with Crippen molar-refractivity contribution in [2.24, 2.45) is 11.8 Å². The Morgan fingerprint density at radius 1 is 1.35 bits per heavy atom. The maximum absolute atomic E-state index is 12.6. The molecule has 1 aromatic carbocycles. The van der Waals surface area contributed by atoms with Gasteiger partial charge in [-0.15, -0.1) is 0 Å². The molecule has 2 aliphatic carbocycles. The number of carbonyl (C=O) groups is 2. The van der Waals surface area contributed by atoms with E-state index in [4.69, 9.17) is 0 Å². The normalized spacial score (nSPS) is 29.1. The molecule has 5 heteroatoms. The molecule has 0 saturated heterocycles. The van der Waals surface area contributed by atoms with Gasteiger partial charge in [-0.3, -0.25) is 4.79 Å². The summed E-state index contributed by atoms with van der Waals surface area (Å²) < 4.78 is 0. The van der Waals surface area contributed by atoms with Crippen LogP contribution in [-0.4, -0.2) is 27.5 Å². The van der Waals surface area contributed by atoms with Gasteiger partial charge in [0.1, 0.15) is 11.2 Å². The van der Waals surface area contributed by atoms with Crippen LogP contribution in [0, 0.1) is 18.8 Å². The largest absolute Gasteiger partial charge is 0.479 e. The van der Waals surface area contributed by atoms with E-state index in [9.17, 15) is 14.7 Å². The minimum atomic E-state index is -1.09. The Labute approximate surface area is 134 Å². The van der Waals surface area contributed by atoms with Crippen molar-refractivity contribution in [1.82, 2.24) is 10.3 Å². The Kier molecular flexibility index (Phi) is 3.01. The lowest BCUT2D eigenvalue weighted by Crippen LogP contribution is -2.57. The Morgan fingerprint density at radius 3 is 2.96 bits per heavy atom. The zero-order valence-corrected chi connectivity index (χ0v) is 13.1. The zero-order valence-electron chi connectivity index (χ0n) is 13.1. The average molecular weight is 312 g/mol. The Morgan fingerprint density at radius 2 is 2.17 bits per heavy atom. The highest BCUT2D eigenvalue weighted by Crippen LogP contribution is 2.55. The Balaban J connectivity index is 1.63. The molecular weight excluding hydrogens is 292 g/mol. The predicted octanol–water partition coefficient (Wildman–Crippen LogP) is 2.85. The highest BCUT2D eigenvalue weighted by molar-refractivity contribution is 6.00. The monoisotopic (exact) mass is 312 g/mol. The molecule has 1 heterocycles. The van der Waals surface area contributed by atoms with Crippen LogP contribution >= 0.6 is 0 Å². The molecule has 2 aromatic rings. The topological polar surface area (TPSA) is 82.2 Å². The molecule has 0 radical (unpaired) electrons. The lowest BCUT2D eigenvalue weighted by atomic mass is 9.81. The van der Waals surface area contributed by atoms with E-state index in [0.29, 0.717) is 18.0 Å². The number of nitrogens with one attached hydrogen (secondary N) is 2. The molecule has 0 bridgehead atoms. The first kappa shape index (κ1) is 14.3. The summed E-state index contributed by atoms with van der Waals surface area (Å²) in [7, 11) is 0. The van der Waals surface area contributed by atoms with E-state index in [1.165, 1.54) is 0 Å². The fraction of sp³-hybridized carbons (Fsp3) is 0.444. The van der Waals surface area contributed by atoms with Crippen LogP contribution in [0.4, 0.5) is 0 Å². The maximum atomic E-state index is 12.6. The SMILES string of the molecule is Cc1ccc2[nH]c(C(=O)NC3(C(=O)O)CCCC4CC43)cc2c1. The predicted molar refractivity (Wildman–Crippen MR) is 86.3 cm³/mol. The van der Waals surface area contributed by atoms with Gasteiger partial charge in [-0.25, -0.2) is 4.79 Å². The van der Waals surface area contributed by atoms with Gasteiger partial charge in [0.15, 0.2) is 0 Å². The molecule has 5 nitrogen and oxygen atoms in total. The van der Waals surface area contributed by atoms with Gasteiger partial charge in [0.2, 0.25) is 0 Å². The molecule has 0 aliphatic heterocycles. The number of fused-ring (bicyclic) bond motifs is 2. The number of aliphatic carboxylic acids is 1. The smallest absolute Gasteiger partial charge is 0.329 e. The molecule has 2 fully saturated rings. The number of benzene rings is 1. The van der Waals surface area contributed by atoms with Crippen LogP contribution in [0.25, 0.3) is 10.9 Å². The summed E-state index contributed by atoms with van der Waals surface area (Å²) in [6, 6.07) is 7.72. The van der Waals surface area contributed by atoms with Gasteiger partial charge in [0.25, 0.3) is 5.91 Å². The fourth-order valence-electron chi connectivity index (χ4n) is 4.12. The first-order valence-electron chi connectivity index (χ1n) is 8.15. The number of rotatable bonds is 3.